The summed E-state index contributed by atoms with van der Waals surface area (Å²) in [5, 5.41) is 4.58. The third-order valence-electron chi connectivity index (χ3n) is 5.91. The molecule has 1 aliphatic heterocycles. The van der Waals surface area contributed by atoms with E-state index in [0.29, 0.717) is 5.70 Å². The summed E-state index contributed by atoms with van der Waals surface area (Å²) in [5.74, 6) is 0.721. The van der Waals surface area contributed by atoms with Crippen molar-refractivity contribution in [3.8, 4) is 0 Å². The number of hydrogen-bond donors (Lipinski definition) is 2. The Balaban J connectivity index is 1.56. The van der Waals surface area contributed by atoms with E-state index in [-0.39, 0.29) is 0 Å². The van der Waals surface area contributed by atoms with Gasteiger partial charge in [-0.2, -0.15) is 0 Å². The Hall–Kier alpha value is -2.72. The summed E-state index contributed by atoms with van der Waals surface area (Å²) in [6, 6.07) is 8.40. The van der Waals surface area contributed by atoms with E-state index in [4.69, 9.17) is 5.73 Å². The molecule has 3 N–H and O–H groups in total. The molecule has 0 saturated carbocycles. The molecule has 1 aromatic heterocycles. The van der Waals surface area contributed by atoms with Crippen molar-refractivity contribution in [3.05, 3.63) is 83.5 Å². The van der Waals surface area contributed by atoms with Crippen LogP contribution in [0.15, 0.2) is 62.0 Å². The maximum atomic E-state index is 6.17. The zero-order valence-corrected chi connectivity index (χ0v) is 18.0. The van der Waals surface area contributed by atoms with E-state index in [0.717, 1.165) is 70.5 Å². The lowest BCUT2D eigenvalue weighted by Crippen LogP contribution is -2.13. The predicted molar refractivity (Wildman–Crippen MR) is 128 cm³/mol. The first-order valence-corrected chi connectivity index (χ1v) is 11.0. The molecule has 150 valence electrons. The molecule has 1 unspecified atom stereocenters. The summed E-state index contributed by atoms with van der Waals surface area (Å²) < 4.78 is 0. The van der Waals surface area contributed by atoms with Gasteiger partial charge in [0.25, 0.3) is 0 Å². The zero-order valence-electron chi connectivity index (χ0n) is 17.2. The number of thiophene rings is 1. The summed E-state index contributed by atoms with van der Waals surface area (Å²) in [4.78, 5) is 3.58. The summed E-state index contributed by atoms with van der Waals surface area (Å²) in [6.45, 7) is 18.9. The smallest absolute Gasteiger partial charge is 0.103 e. The monoisotopic (exact) mass is 403 g/mol. The highest BCUT2D eigenvalue weighted by Gasteiger charge is 2.25. The number of rotatable bonds is 5. The van der Waals surface area contributed by atoms with E-state index in [1.807, 2.05) is 0 Å². The summed E-state index contributed by atoms with van der Waals surface area (Å²) in [6.07, 6.45) is 5.35. The maximum Gasteiger partial charge on any atom is 0.103 e. The van der Waals surface area contributed by atoms with Crippen molar-refractivity contribution in [1.82, 2.24) is 0 Å². The van der Waals surface area contributed by atoms with E-state index in [2.05, 4.69) is 67.7 Å². The third-order valence-corrected chi connectivity index (χ3v) is 7.08. The Kier molecular flexibility index (Phi) is 5.13. The molecule has 4 rings (SSSR count). The van der Waals surface area contributed by atoms with Crippen LogP contribution in [0.1, 0.15) is 47.8 Å². The summed E-state index contributed by atoms with van der Waals surface area (Å²) >= 11 is 1.80. The zero-order chi connectivity index (χ0) is 20.7. The second-order valence-corrected chi connectivity index (χ2v) is 9.30. The first-order valence-electron chi connectivity index (χ1n) is 10.2. The average Bonchev–Trinajstić information content (AvgIpc) is 3.20. The number of hydrogen-bond acceptors (Lipinski definition) is 4. The van der Waals surface area contributed by atoms with Crippen molar-refractivity contribution in [2.75, 3.05) is 10.2 Å². The Bertz CT molecular complexity index is 993. The molecule has 1 saturated heterocycles. The van der Waals surface area contributed by atoms with Crippen LogP contribution in [-0.2, 0) is 12.8 Å². The quantitative estimate of drug-likeness (QED) is 0.598. The van der Waals surface area contributed by atoms with Crippen LogP contribution in [0.5, 0.6) is 0 Å². The number of fused-ring (bicyclic) bond motifs is 1. The molecule has 1 atom stereocenters. The second-order valence-electron chi connectivity index (χ2n) is 8.20. The molecule has 0 radical (unpaired) electrons. The van der Waals surface area contributed by atoms with Gasteiger partial charge in [-0.15, -0.1) is 11.3 Å². The number of benzene rings is 1. The Morgan fingerprint density at radius 2 is 1.76 bits per heavy atom. The number of allylic oxidation sites excluding steroid dienone is 2. The fourth-order valence-electron chi connectivity index (χ4n) is 4.30. The molecular weight excluding hydrogens is 374 g/mol. The fourth-order valence-corrected chi connectivity index (χ4v) is 5.77. The molecule has 4 heteroatoms. The van der Waals surface area contributed by atoms with Gasteiger partial charge in [0.05, 0.1) is 0 Å². The van der Waals surface area contributed by atoms with Gasteiger partial charge in [0.1, 0.15) is 5.00 Å². The van der Waals surface area contributed by atoms with Crippen LogP contribution in [0.4, 0.5) is 10.7 Å². The number of nitrogens with one attached hydrogen (secondary N) is 1. The Morgan fingerprint density at radius 3 is 2.38 bits per heavy atom. The molecule has 1 aromatic carbocycles. The first-order chi connectivity index (χ1) is 13.8. The van der Waals surface area contributed by atoms with E-state index < -0.39 is 0 Å². The van der Waals surface area contributed by atoms with Crippen molar-refractivity contribution >= 4 is 33.4 Å². The third kappa shape index (κ3) is 3.65. The topological polar surface area (TPSA) is 41.3 Å². The van der Waals surface area contributed by atoms with Gasteiger partial charge in [0.2, 0.25) is 0 Å². The van der Waals surface area contributed by atoms with Crippen LogP contribution in [0.3, 0.4) is 0 Å². The molecule has 29 heavy (non-hydrogen) atoms. The molecular formula is C25H29N3S. The van der Waals surface area contributed by atoms with Gasteiger partial charge >= 0.3 is 0 Å². The molecule has 0 spiro atoms. The van der Waals surface area contributed by atoms with Crippen LogP contribution < -0.4 is 16.0 Å². The molecule has 1 aliphatic carbocycles. The lowest BCUT2D eigenvalue weighted by atomic mass is 9.88. The minimum Gasteiger partial charge on any atom is -0.399 e. The van der Waals surface area contributed by atoms with Gasteiger partial charge < -0.3 is 16.0 Å². The summed E-state index contributed by atoms with van der Waals surface area (Å²) in [7, 11) is 0. The van der Waals surface area contributed by atoms with E-state index in [9.17, 15) is 0 Å². The number of nitrogens with zero attached hydrogens (tertiary/aromatic N) is 1. The van der Waals surface area contributed by atoms with E-state index in [1.54, 1.807) is 11.3 Å². The van der Waals surface area contributed by atoms with Crippen molar-refractivity contribution in [2.24, 2.45) is 11.7 Å². The highest BCUT2D eigenvalue weighted by atomic mass is 32.1. The predicted octanol–water partition coefficient (Wildman–Crippen LogP) is 6.51. The van der Waals surface area contributed by atoms with Gasteiger partial charge in [0, 0.05) is 38.9 Å². The normalized spacial score (nSPS) is 18.7. The van der Waals surface area contributed by atoms with Gasteiger partial charge in [-0.25, -0.2) is 0 Å². The molecule has 2 heterocycles. The lowest BCUT2D eigenvalue weighted by Gasteiger charge is -2.21. The van der Waals surface area contributed by atoms with E-state index in [1.165, 1.54) is 16.9 Å². The maximum absolute atomic E-state index is 6.17. The largest absolute Gasteiger partial charge is 0.399 e. The molecule has 0 bridgehead atoms. The van der Waals surface area contributed by atoms with Crippen molar-refractivity contribution in [3.63, 3.8) is 0 Å². The molecule has 3 nitrogen and oxygen atoms in total. The van der Waals surface area contributed by atoms with Crippen molar-refractivity contribution < 1.29 is 0 Å². The van der Waals surface area contributed by atoms with Crippen molar-refractivity contribution in [1.29, 1.82) is 0 Å². The van der Waals surface area contributed by atoms with Gasteiger partial charge in [-0.1, -0.05) is 45.4 Å². The molecule has 2 aromatic rings. The molecule has 0 amide bonds. The van der Waals surface area contributed by atoms with Crippen LogP contribution in [-0.4, -0.2) is 0 Å². The van der Waals surface area contributed by atoms with Crippen LogP contribution in [0.2, 0.25) is 0 Å². The highest BCUT2D eigenvalue weighted by Crippen LogP contribution is 2.42. The van der Waals surface area contributed by atoms with Gasteiger partial charge in [-0.05, 0) is 61.3 Å². The molecule has 1 fully saturated rings. The van der Waals surface area contributed by atoms with Crippen LogP contribution in [0.25, 0.3) is 11.4 Å². The Labute approximate surface area is 177 Å². The molecule has 2 aliphatic rings. The average molecular weight is 404 g/mol. The van der Waals surface area contributed by atoms with Gasteiger partial charge in [-0.3, -0.25) is 0 Å². The number of anilines is 2. The highest BCUT2D eigenvalue weighted by molar-refractivity contribution is 7.16. The lowest BCUT2D eigenvalue weighted by molar-refractivity contribution is 0.507. The van der Waals surface area contributed by atoms with Crippen molar-refractivity contribution in [2.45, 2.75) is 39.0 Å². The second kappa shape index (κ2) is 7.60. The fraction of sp³-hybridized carbons (Fsp3) is 0.280. The van der Waals surface area contributed by atoms with Crippen LogP contribution >= 0.6 is 11.3 Å². The summed E-state index contributed by atoms with van der Waals surface area (Å²) in [5.41, 5.74) is 14.5. The Morgan fingerprint density at radius 1 is 1.10 bits per heavy atom. The number of nitrogens with two attached hydrogens (primary N) is 1. The van der Waals surface area contributed by atoms with E-state index >= 15 is 0 Å². The van der Waals surface area contributed by atoms with Gasteiger partial charge in [0.15, 0.2) is 0 Å². The minimum atomic E-state index is 0.633. The SMILES string of the molecule is C=C(Nc1sc2c(c1C(=C)N)CCC(C)C2)c1ccc(N2C(=C)CCC2=C)cc1. The standard InChI is InChI=1S/C25H29N3S/c1-15-6-13-22-23(14-15)29-25(24(22)18(4)26)27-19(5)20-9-11-21(12-10-20)28-16(2)7-8-17(28)3/h9-12,15,27H,2-8,13-14,26H2,1H3. The van der Waals surface area contributed by atoms with Crippen LogP contribution in [0, 0.1) is 5.92 Å². The first kappa shape index (κ1) is 19.6. The minimum absolute atomic E-state index is 0.633.